The molecule has 0 spiro atoms. The maximum Gasteiger partial charge on any atom is 0.0623 e. The van der Waals surface area contributed by atoms with Gasteiger partial charge in [-0.2, -0.15) is 0 Å². The lowest BCUT2D eigenvalue weighted by Crippen LogP contribution is -2.32. The van der Waals surface area contributed by atoms with E-state index in [1.165, 1.54) is 0 Å². The van der Waals surface area contributed by atoms with Crippen LogP contribution in [0.1, 0.15) is 32.3 Å². The number of hydrogen-bond donors (Lipinski definition) is 1. The summed E-state index contributed by atoms with van der Waals surface area (Å²) in [4.78, 5) is 0. The number of halogens is 2. The van der Waals surface area contributed by atoms with E-state index in [1.807, 2.05) is 19.2 Å². The Hall–Kier alpha value is -0.280. The molecule has 0 aliphatic carbocycles. The Labute approximate surface area is 126 Å². The van der Waals surface area contributed by atoms with Crippen LogP contribution in [0.2, 0.25) is 10.0 Å². The SMILES string of the molecule is CNC(CCC(C)(C)OC)Cc1ccc(Cl)cc1Cl. The van der Waals surface area contributed by atoms with Crippen LogP contribution in [0.25, 0.3) is 0 Å². The molecule has 0 aromatic heterocycles. The number of ether oxygens (including phenoxy) is 1. The number of rotatable bonds is 7. The lowest BCUT2D eigenvalue weighted by atomic mass is 9.95. The van der Waals surface area contributed by atoms with Gasteiger partial charge >= 0.3 is 0 Å². The minimum absolute atomic E-state index is 0.0844. The highest BCUT2D eigenvalue weighted by Gasteiger charge is 2.19. The van der Waals surface area contributed by atoms with Gasteiger partial charge in [-0.05, 0) is 57.9 Å². The fourth-order valence-electron chi connectivity index (χ4n) is 1.93. The zero-order valence-electron chi connectivity index (χ0n) is 12.1. The van der Waals surface area contributed by atoms with E-state index >= 15 is 0 Å². The second kappa shape index (κ2) is 7.49. The highest BCUT2D eigenvalue weighted by molar-refractivity contribution is 6.35. The molecular formula is C15H23Cl2NO. The summed E-state index contributed by atoms with van der Waals surface area (Å²) < 4.78 is 5.45. The van der Waals surface area contributed by atoms with E-state index in [9.17, 15) is 0 Å². The monoisotopic (exact) mass is 303 g/mol. The molecule has 108 valence electrons. The van der Waals surface area contributed by atoms with Crippen molar-refractivity contribution in [2.45, 2.75) is 44.8 Å². The molecule has 4 heteroatoms. The highest BCUT2D eigenvalue weighted by atomic mass is 35.5. The van der Waals surface area contributed by atoms with E-state index in [-0.39, 0.29) is 5.60 Å². The Bertz CT molecular complexity index is 407. The quantitative estimate of drug-likeness (QED) is 0.809. The molecule has 0 saturated carbocycles. The summed E-state index contributed by atoms with van der Waals surface area (Å²) >= 11 is 12.1. The average Bonchev–Trinajstić information content (AvgIpc) is 2.37. The Morgan fingerprint density at radius 2 is 2.00 bits per heavy atom. The van der Waals surface area contributed by atoms with Crippen LogP contribution in [-0.2, 0) is 11.2 Å². The van der Waals surface area contributed by atoms with Gasteiger partial charge < -0.3 is 10.1 Å². The van der Waals surface area contributed by atoms with Crippen molar-refractivity contribution in [2.24, 2.45) is 0 Å². The normalized spacial score (nSPS) is 13.6. The maximum atomic E-state index is 6.21. The van der Waals surface area contributed by atoms with Crippen LogP contribution in [-0.4, -0.2) is 25.8 Å². The van der Waals surface area contributed by atoms with E-state index in [2.05, 4.69) is 19.2 Å². The summed E-state index contributed by atoms with van der Waals surface area (Å²) in [7, 11) is 3.73. The van der Waals surface area contributed by atoms with Crippen molar-refractivity contribution in [1.82, 2.24) is 5.32 Å². The first-order valence-electron chi connectivity index (χ1n) is 6.54. The summed E-state index contributed by atoms with van der Waals surface area (Å²) in [5.41, 5.74) is 1.04. The van der Waals surface area contributed by atoms with Crippen LogP contribution >= 0.6 is 23.2 Å². The first kappa shape index (κ1) is 16.8. The van der Waals surface area contributed by atoms with Gasteiger partial charge in [0.05, 0.1) is 5.60 Å². The highest BCUT2D eigenvalue weighted by Crippen LogP contribution is 2.24. The van der Waals surface area contributed by atoms with Gasteiger partial charge in [-0.25, -0.2) is 0 Å². The molecule has 0 saturated heterocycles. The zero-order valence-corrected chi connectivity index (χ0v) is 13.6. The van der Waals surface area contributed by atoms with E-state index in [0.717, 1.165) is 29.8 Å². The second-order valence-corrected chi connectivity index (χ2v) is 6.27. The first-order valence-corrected chi connectivity index (χ1v) is 7.30. The third-order valence-corrected chi connectivity index (χ3v) is 4.12. The maximum absolute atomic E-state index is 6.21. The van der Waals surface area contributed by atoms with Gasteiger partial charge in [-0.3, -0.25) is 0 Å². The predicted molar refractivity (Wildman–Crippen MR) is 83.3 cm³/mol. The van der Waals surface area contributed by atoms with Crippen LogP contribution in [0.4, 0.5) is 0 Å². The topological polar surface area (TPSA) is 21.3 Å². The van der Waals surface area contributed by atoms with Gasteiger partial charge in [-0.1, -0.05) is 29.3 Å². The molecule has 0 heterocycles. The van der Waals surface area contributed by atoms with Crippen LogP contribution < -0.4 is 5.32 Å². The molecule has 2 nitrogen and oxygen atoms in total. The molecule has 0 bridgehead atoms. The molecule has 0 radical (unpaired) electrons. The largest absolute Gasteiger partial charge is 0.379 e. The van der Waals surface area contributed by atoms with E-state index in [0.29, 0.717) is 11.1 Å². The van der Waals surface area contributed by atoms with Crippen molar-refractivity contribution < 1.29 is 4.74 Å². The van der Waals surface area contributed by atoms with Crippen molar-refractivity contribution in [1.29, 1.82) is 0 Å². The number of benzene rings is 1. The number of nitrogens with one attached hydrogen (secondary N) is 1. The molecule has 1 unspecified atom stereocenters. The molecule has 1 aromatic rings. The summed E-state index contributed by atoms with van der Waals surface area (Å²) in [6.07, 6.45) is 2.93. The first-order chi connectivity index (χ1) is 8.88. The fourth-order valence-corrected chi connectivity index (χ4v) is 2.41. The third kappa shape index (κ3) is 5.70. The van der Waals surface area contributed by atoms with Gasteiger partial charge in [0.2, 0.25) is 0 Å². The van der Waals surface area contributed by atoms with Gasteiger partial charge in [0, 0.05) is 23.2 Å². The van der Waals surface area contributed by atoms with E-state index in [4.69, 9.17) is 27.9 Å². The Kier molecular flexibility index (Phi) is 6.61. The number of methoxy groups -OCH3 is 1. The standard InChI is InChI=1S/C15H23Cl2NO/c1-15(2,19-4)8-7-13(18-3)9-11-5-6-12(16)10-14(11)17/h5-6,10,13,18H,7-9H2,1-4H3. The Morgan fingerprint density at radius 1 is 1.32 bits per heavy atom. The van der Waals surface area contributed by atoms with Gasteiger partial charge in [-0.15, -0.1) is 0 Å². The molecule has 19 heavy (non-hydrogen) atoms. The number of hydrogen-bond acceptors (Lipinski definition) is 2. The lowest BCUT2D eigenvalue weighted by Gasteiger charge is -2.26. The summed E-state index contributed by atoms with van der Waals surface area (Å²) in [5.74, 6) is 0. The Balaban J connectivity index is 2.61. The smallest absolute Gasteiger partial charge is 0.0623 e. The fraction of sp³-hybridized carbons (Fsp3) is 0.600. The number of likely N-dealkylation sites (N-methyl/N-ethyl adjacent to an activating group) is 1. The molecule has 1 N–H and O–H groups in total. The second-order valence-electron chi connectivity index (χ2n) is 5.43. The molecule has 1 rings (SSSR count). The molecular weight excluding hydrogens is 281 g/mol. The zero-order chi connectivity index (χ0) is 14.5. The third-order valence-electron chi connectivity index (χ3n) is 3.54. The van der Waals surface area contributed by atoms with Crippen LogP contribution in [0, 0.1) is 0 Å². The minimum atomic E-state index is -0.0844. The predicted octanol–water partition coefficient (Wildman–Crippen LogP) is 4.33. The molecule has 0 fully saturated rings. The van der Waals surface area contributed by atoms with Crippen LogP contribution in [0.15, 0.2) is 18.2 Å². The van der Waals surface area contributed by atoms with Crippen molar-refractivity contribution in [3.63, 3.8) is 0 Å². The van der Waals surface area contributed by atoms with Crippen molar-refractivity contribution in [3.8, 4) is 0 Å². The molecule has 0 aliphatic rings. The van der Waals surface area contributed by atoms with Crippen molar-refractivity contribution >= 4 is 23.2 Å². The lowest BCUT2D eigenvalue weighted by molar-refractivity contribution is 0.0119. The molecule has 1 aromatic carbocycles. The van der Waals surface area contributed by atoms with E-state index < -0.39 is 0 Å². The van der Waals surface area contributed by atoms with Gasteiger partial charge in [0.25, 0.3) is 0 Å². The van der Waals surface area contributed by atoms with E-state index in [1.54, 1.807) is 13.2 Å². The minimum Gasteiger partial charge on any atom is -0.379 e. The van der Waals surface area contributed by atoms with Gasteiger partial charge in [0.1, 0.15) is 0 Å². The molecule has 0 amide bonds. The van der Waals surface area contributed by atoms with Crippen molar-refractivity contribution in [2.75, 3.05) is 14.2 Å². The summed E-state index contributed by atoms with van der Waals surface area (Å²) in [6, 6.07) is 6.06. The summed E-state index contributed by atoms with van der Waals surface area (Å²) in [6.45, 7) is 4.21. The van der Waals surface area contributed by atoms with Crippen LogP contribution in [0.5, 0.6) is 0 Å². The van der Waals surface area contributed by atoms with Crippen molar-refractivity contribution in [3.05, 3.63) is 33.8 Å². The summed E-state index contributed by atoms with van der Waals surface area (Å²) in [5, 5.41) is 4.75. The van der Waals surface area contributed by atoms with Crippen LogP contribution in [0.3, 0.4) is 0 Å². The van der Waals surface area contributed by atoms with Gasteiger partial charge in [0.15, 0.2) is 0 Å². The molecule has 0 aliphatic heterocycles. The molecule has 1 atom stereocenters. The average molecular weight is 304 g/mol. The Morgan fingerprint density at radius 3 is 2.53 bits per heavy atom.